The van der Waals surface area contributed by atoms with E-state index < -0.39 is 0 Å². The summed E-state index contributed by atoms with van der Waals surface area (Å²) in [4.78, 5) is 8.22. The zero-order chi connectivity index (χ0) is 11.4. The molecular formula is C12H12IN3. The van der Waals surface area contributed by atoms with Crippen molar-refractivity contribution in [3.63, 3.8) is 0 Å². The fourth-order valence-electron chi connectivity index (χ4n) is 1.48. The number of benzene rings is 1. The second kappa shape index (κ2) is 5.36. The molecule has 0 radical (unpaired) electrons. The molecule has 1 heterocycles. The summed E-state index contributed by atoms with van der Waals surface area (Å²) in [5.41, 5.74) is 8.12. The third kappa shape index (κ3) is 2.99. The first-order chi connectivity index (χ1) is 7.75. The monoisotopic (exact) mass is 325 g/mol. The van der Waals surface area contributed by atoms with Crippen molar-refractivity contribution < 1.29 is 0 Å². The van der Waals surface area contributed by atoms with Crippen LogP contribution in [0.1, 0.15) is 17.3 Å². The predicted octanol–water partition coefficient (Wildman–Crippen LogP) is 2.32. The van der Waals surface area contributed by atoms with Crippen LogP contribution in [0.2, 0.25) is 0 Å². The first-order valence-electron chi connectivity index (χ1n) is 5.01. The maximum absolute atomic E-state index is 6.06. The van der Waals surface area contributed by atoms with Gasteiger partial charge in [-0.15, -0.1) is 0 Å². The highest BCUT2D eigenvalue weighted by molar-refractivity contribution is 14.1. The highest BCUT2D eigenvalue weighted by Crippen LogP contribution is 2.14. The summed E-state index contributed by atoms with van der Waals surface area (Å²) in [6.45, 7) is 0. The summed E-state index contributed by atoms with van der Waals surface area (Å²) < 4.78 is 1.23. The zero-order valence-corrected chi connectivity index (χ0v) is 10.8. The summed E-state index contributed by atoms with van der Waals surface area (Å²) in [5, 5.41) is 0. The Morgan fingerprint density at radius 2 is 1.94 bits per heavy atom. The minimum absolute atomic E-state index is 0.0891. The standard InChI is InChI=1S/C12H12IN3/c13-10-3-1-9(2-4-10)7-11(14)12-8-15-5-6-16-12/h1-6,8,11H,7,14H2. The van der Waals surface area contributed by atoms with Gasteiger partial charge in [0.05, 0.1) is 11.7 Å². The van der Waals surface area contributed by atoms with E-state index in [2.05, 4.69) is 56.8 Å². The Bertz CT molecular complexity index is 442. The summed E-state index contributed by atoms with van der Waals surface area (Å²) >= 11 is 2.29. The van der Waals surface area contributed by atoms with Crippen molar-refractivity contribution in [3.8, 4) is 0 Å². The van der Waals surface area contributed by atoms with Gasteiger partial charge in [0.1, 0.15) is 0 Å². The summed E-state index contributed by atoms with van der Waals surface area (Å²) in [6.07, 6.45) is 5.83. The van der Waals surface area contributed by atoms with Gasteiger partial charge in [-0.3, -0.25) is 9.97 Å². The van der Waals surface area contributed by atoms with Gasteiger partial charge in [0.15, 0.2) is 0 Å². The second-order valence-corrected chi connectivity index (χ2v) is 4.81. The van der Waals surface area contributed by atoms with Gasteiger partial charge >= 0.3 is 0 Å². The molecule has 1 aromatic heterocycles. The van der Waals surface area contributed by atoms with E-state index in [-0.39, 0.29) is 6.04 Å². The molecule has 2 aromatic rings. The summed E-state index contributed by atoms with van der Waals surface area (Å²) in [5.74, 6) is 0. The van der Waals surface area contributed by atoms with Crippen LogP contribution >= 0.6 is 22.6 Å². The Balaban J connectivity index is 2.08. The molecule has 1 atom stereocenters. The number of halogens is 1. The van der Waals surface area contributed by atoms with E-state index in [1.165, 1.54) is 9.13 Å². The Morgan fingerprint density at radius 1 is 1.19 bits per heavy atom. The van der Waals surface area contributed by atoms with E-state index in [4.69, 9.17) is 5.73 Å². The number of nitrogens with two attached hydrogens (primary N) is 1. The topological polar surface area (TPSA) is 51.8 Å². The quantitative estimate of drug-likeness (QED) is 0.881. The molecule has 0 saturated heterocycles. The minimum atomic E-state index is -0.0891. The molecule has 16 heavy (non-hydrogen) atoms. The molecule has 0 spiro atoms. The molecule has 0 aliphatic rings. The average Bonchev–Trinajstić information content (AvgIpc) is 2.33. The van der Waals surface area contributed by atoms with E-state index >= 15 is 0 Å². The third-order valence-corrected chi connectivity index (χ3v) is 3.05. The largest absolute Gasteiger partial charge is 0.322 e. The van der Waals surface area contributed by atoms with Crippen LogP contribution in [0.4, 0.5) is 0 Å². The zero-order valence-electron chi connectivity index (χ0n) is 8.68. The number of hydrogen-bond donors (Lipinski definition) is 1. The van der Waals surface area contributed by atoms with E-state index in [0.717, 1.165) is 12.1 Å². The molecule has 0 saturated carbocycles. The van der Waals surface area contributed by atoms with Crippen molar-refractivity contribution >= 4 is 22.6 Å². The van der Waals surface area contributed by atoms with Gasteiger partial charge in [-0.05, 0) is 46.7 Å². The predicted molar refractivity (Wildman–Crippen MR) is 71.8 cm³/mol. The van der Waals surface area contributed by atoms with Gasteiger partial charge < -0.3 is 5.73 Å². The van der Waals surface area contributed by atoms with E-state index in [1.807, 2.05) is 0 Å². The van der Waals surface area contributed by atoms with Gasteiger partial charge in [-0.2, -0.15) is 0 Å². The van der Waals surface area contributed by atoms with Gasteiger partial charge in [0, 0.05) is 22.2 Å². The van der Waals surface area contributed by atoms with E-state index in [9.17, 15) is 0 Å². The lowest BCUT2D eigenvalue weighted by molar-refractivity contribution is 0.691. The lowest BCUT2D eigenvalue weighted by atomic mass is 10.0. The molecule has 0 fully saturated rings. The van der Waals surface area contributed by atoms with Crippen molar-refractivity contribution in [3.05, 3.63) is 57.7 Å². The van der Waals surface area contributed by atoms with Crippen LogP contribution in [-0.4, -0.2) is 9.97 Å². The Morgan fingerprint density at radius 3 is 2.56 bits per heavy atom. The molecule has 1 unspecified atom stereocenters. The molecule has 3 nitrogen and oxygen atoms in total. The maximum atomic E-state index is 6.06. The van der Waals surface area contributed by atoms with Crippen LogP contribution in [0, 0.1) is 3.57 Å². The van der Waals surface area contributed by atoms with Crippen molar-refractivity contribution in [2.24, 2.45) is 5.73 Å². The molecule has 0 aliphatic heterocycles. The van der Waals surface area contributed by atoms with Crippen LogP contribution in [-0.2, 0) is 6.42 Å². The Hall–Kier alpha value is -1.01. The van der Waals surface area contributed by atoms with Crippen molar-refractivity contribution in [1.82, 2.24) is 9.97 Å². The fourth-order valence-corrected chi connectivity index (χ4v) is 1.84. The normalized spacial score (nSPS) is 12.4. The Labute approximate surface area is 108 Å². The number of aromatic nitrogens is 2. The van der Waals surface area contributed by atoms with Crippen LogP contribution in [0.25, 0.3) is 0 Å². The maximum Gasteiger partial charge on any atom is 0.0757 e. The summed E-state index contributed by atoms with van der Waals surface area (Å²) in [7, 11) is 0. The van der Waals surface area contributed by atoms with Gasteiger partial charge in [0.2, 0.25) is 0 Å². The highest BCUT2D eigenvalue weighted by Gasteiger charge is 2.08. The molecule has 1 aromatic carbocycles. The number of hydrogen-bond acceptors (Lipinski definition) is 3. The van der Waals surface area contributed by atoms with Gasteiger partial charge in [0.25, 0.3) is 0 Å². The minimum Gasteiger partial charge on any atom is -0.322 e. The molecule has 0 aliphatic carbocycles. The first kappa shape index (κ1) is 11.5. The molecular weight excluding hydrogens is 313 g/mol. The molecule has 4 heteroatoms. The van der Waals surface area contributed by atoms with Crippen LogP contribution in [0.5, 0.6) is 0 Å². The van der Waals surface area contributed by atoms with Crippen LogP contribution < -0.4 is 5.73 Å². The van der Waals surface area contributed by atoms with Gasteiger partial charge in [-0.1, -0.05) is 12.1 Å². The fraction of sp³-hybridized carbons (Fsp3) is 0.167. The van der Waals surface area contributed by atoms with Crippen molar-refractivity contribution in [1.29, 1.82) is 0 Å². The summed E-state index contributed by atoms with van der Waals surface area (Å²) in [6, 6.07) is 8.27. The second-order valence-electron chi connectivity index (χ2n) is 3.57. The van der Waals surface area contributed by atoms with Crippen LogP contribution in [0.15, 0.2) is 42.9 Å². The van der Waals surface area contributed by atoms with Crippen molar-refractivity contribution in [2.45, 2.75) is 12.5 Å². The lowest BCUT2D eigenvalue weighted by Crippen LogP contribution is -2.15. The smallest absolute Gasteiger partial charge is 0.0757 e. The first-order valence-corrected chi connectivity index (χ1v) is 6.09. The molecule has 82 valence electrons. The Kier molecular flexibility index (Phi) is 3.84. The third-order valence-electron chi connectivity index (χ3n) is 2.33. The van der Waals surface area contributed by atoms with E-state index in [1.54, 1.807) is 18.6 Å². The molecule has 0 amide bonds. The lowest BCUT2D eigenvalue weighted by Gasteiger charge is -2.10. The van der Waals surface area contributed by atoms with Gasteiger partial charge in [-0.25, -0.2) is 0 Å². The molecule has 0 bridgehead atoms. The van der Waals surface area contributed by atoms with E-state index in [0.29, 0.717) is 0 Å². The number of nitrogens with zero attached hydrogens (tertiary/aromatic N) is 2. The SMILES string of the molecule is NC(Cc1ccc(I)cc1)c1cnccn1. The highest BCUT2D eigenvalue weighted by atomic mass is 127. The molecule has 2 rings (SSSR count). The number of rotatable bonds is 3. The average molecular weight is 325 g/mol. The van der Waals surface area contributed by atoms with Crippen molar-refractivity contribution in [2.75, 3.05) is 0 Å². The molecule has 2 N–H and O–H groups in total. The van der Waals surface area contributed by atoms with Crippen LogP contribution in [0.3, 0.4) is 0 Å².